The molecular weight excluding hydrogens is 410 g/mol. The summed E-state index contributed by atoms with van der Waals surface area (Å²) in [7, 11) is -1.72. The average molecular weight is 433 g/mol. The number of fused-ring (bicyclic) bond motifs is 1. The third kappa shape index (κ3) is 4.15. The van der Waals surface area contributed by atoms with E-state index < -0.39 is 18.9 Å². The molecule has 2 N–H and O–H groups in total. The van der Waals surface area contributed by atoms with Crippen molar-refractivity contribution >= 4 is 29.3 Å². The van der Waals surface area contributed by atoms with Crippen LogP contribution in [0.1, 0.15) is 22.5 Å². The summed E-state index contributed by atoms with van der Waals surface area (Å²) in [5.74, 6) is 0.577. The molecule has 1 aliphatic rings. The number of ether oxygens (including phenoxy) is 1. The van der Waals surface area contributed by atoms with Gasteiger partial charge in [-0.05, 0) is 43.2 Å². The lowest BCUT2D eigenvalue weighted by molar-refractivity contribution is -0.138. The molecule has 0 radical (unpaired) electrons. The maximum Gasteiger partial charge on any atom is 0.490 e. The highest BCUT2D eigenvalue weighted by Gasteiger charge is 2.33. The van der Waals surface area contributed by atoms with Crippen LogP contribution < -0.4 is 10.4 Å². The molecule has 1 aliphatic heterocycles. The van der Waals surface area contributed by atoms with E-state index >= 15 is 0 Å². The number of aromatic nitrogens is 2. The summed E-state index contributed by atoms with van der Waals surface area (Å²) < 4.78 is 47.3. The fourth-order valence-electron chi connectivity index (χ4n) is 4.08. The Morgan fingerprint density at radius 2 is 1.84 bits per heavy atom. The van der Waals surface area contributed by atoms with Crippen molar-refractivity contribution in [2.75, 3.05) is 31.2 Å². The van der Waals surface area contributed by atoms with E-state index in [-0.39, 0.29) is 17.6 Å². The minimum atomic E-state index is -4.43. The van der Waals surface area contributed by atoms with Gasteiger partial charge in [0.05, 0.1) is 29.8 Å². The van der Waals surface area contributed by atoms with Crippen LogP contribution in [0.5, 0.6) is 0 Å². The van der Waals surface area contributed by atoms with Crippen LogP contribution in [0.15, 0.2) is 30.3 Å². The van der Waals surface area contributed by atoms with E-state index in [9.17, 15) is 23.2 Å². The third-order valence-electron chi connectivity index (χ3n) is 5.79. The van der Waals surface area contributed by atoms with Crippen LogP contribution in [0.4, 0.5) is 18.9 Å². The zero-order valence-electron chi connectivity index (χ0n) is 17.3. The van der Waals surface area contributed by atoms with E-state index in [1.165, 1.54) is 13.0 Å². The topological polar surface area (TPSA) is 70.8 Å². The molecule has 1 aromatic heterocycles. The van der Waals surface area contributed by atoms with Crippen molar-refractivity contribution < 1.29 is 28.0 Å². The SMILES string of the molecule is Cc1c(Cn2c(C)nc3c(B(O)O)cc(N4CCOCC4)cc32)cccc1C(F)(F)F. The number of benzene rings is 2. The first-order chi connectivity index (χ1) is 14.7. The number of hydrogen-bond acceptors (Lipinski definition) is 5. The van der Waals surface area contributed by atoms with E-state index in [0.717, 1.165) is 11.8 Å². The van der Waals surface area contributed by atoms with Gasteiger partial charge in [-0.2, -0.15) is 13.2 Å². The number of morpholine rings is 1. The molecule has 0 bridgehead atoms. The first-order valence-corrected chi connectivity index (χ1v) is 10.0. The Labute approximate surface area is 178 Å². The number of nitrogens with zero attached hydrogens (tertiary/aromatic N) is 3. The molecule has 31 heavy (non-hydrogen) atoms. The molecule has 2 heterocycles. The molecule has 0 amide bonds. The molecule has 4 rings (SSSR count). The zero-order valence-corrected chi connectivity index (χ0v) is 17.3. The van der Waals surface area contributed by atoms with E-state index in [0.29, 0.717) is 48.7 Å². The van der Waals surface area contributed by atoms with Crippen LogP contribution in [0.2, 0.25) is 0 Å². The highest BCUT2D eigenvalue weighted by atomic mass is 19.4. The van der Waals surface area contributed by atoms with Gasteiger partial charge in [-0.1, -0.05) is 12.1 Å². The number of imidazole rings is 1. The van der Waals surface area contributed by atoms with Crippen molar-refractivity contribution in [1.29, 1.82) is 0 Å². The minimum Gasteiger partial charge on any atom is -0.423 e. The Morgan fingerprint density at radius 3 is 2.48 bits per heavy atom. The maximum absolute atomic E-state index is 13.3. The molecule has 1 saturated heterocycles. The molecule has 6 nitrogen and oxygen atoms in total. The van der Waals surface area contributed by atoms with Gasteiger partial charge >= 0.3 is 13.3 Å². The maximum atomic E-state index is 13.3. The minimum absolute atomic E-state index is 0.169. The van der Waals surface area contributed by atoms with E-state index in [1.54, 1.807) is 19.1 Å². The highest BCUT2D eigenvalue weighted by Crippen LogP contribution is 2.33. The van der Waals surface area contributed by atoms with E-state index in [1.807, 2.05) is 10.6 Å². The summed E-state index contributed by atoms with van der Waals surface area (Å²) in [6, 6.07) is 7.75. The van der Waals surface area contributed by atoms with Gasteiger partial charge in [0, 0.05) is 30.8 Å². The summed E-state index contributed by atoms with van der Waals surface area (Å²) in [4.78, 5) is 6.58. The standard InChI is InChI=1S/C21H23BF3N3O3/c1-13-15(4-3-5-17(13)21(23,24)25)12-28-14(2)26-20-18(22(29)30)10-16(11-19(20)28)27-6-8-31-9-7-27/h3-5,10-11,29-30H,6-9,12H2,1-2H3. The van der Waals surface area contributed by atoms with E-state index in [4.69, 9.17) is 4.74 Å². The summed E-state index contributed by atoms with van der Waals surface area (Å²) in [5.41, 5.74) is 2.16. The van der Waals surface area contributed by atoms with Gasteiger partial charge in [0.15, 0.2) is 0 Å². The van der Waals surface area contributed by atoms with Gasteiger partial charge in [-0.25, -0.2) is 4.98 Å². The number of alkyl halides is 3. The molecule has 3 aromatic rings. The summed E-state index contributed by atoms with van der Waals surface area (Å²) in [5, 5.41) is 19.9. The molecule has 1 fully saturated rings. The lowest BCUT2D eigenvalue weighted by Gasteiger charge is -2.29. The Bertz CT molecular complexity index is 1110. The number of hydrogen-bond donors (Lipinski definition) is 2. The van der Waals surface area contributed by atoms with E-state index in [2.05, 4.69) is 9.88 Å². The Kier molecular flexibility index (Phi) is 5.72. The predicted octanol–water partition coefficient (Wildman–Crippen LogP) is 2.24. The lowest BCUT2D eigenvalue weighted by atomic mass is 9.79. The Morgan fingerprint density at radius 1 is 1.13 bits per heavy atom. The average Bonchev–Trinajstić information content (AvgIpc) is 3.03. The summed E-state index contributed by atoms with van der Waals surface area (Å²) in [6.45, 7) is 5.86. The summed E-state index contributed by atoms with van der Waals surface area (Å²) >= 11 is 0. The second-order valence-electron chi connectivity index (χ2n) is 7.71. The lowest BCUT2D eigenvalue weighted by Crippen LogP contribution is -2.38. The normalized spacial score (nSPS) is 15.0. The Hall–Kier alpha value is -2.56. The summed E-state index contributed by atoms with van der Waals surface area (Å²) in [6.07, 6.45) is -4.43. The fraction of sp³-hybridized carbons (Fsp3) is 0.381. The van der Waals surface area contributed by atoms with Crippen molar-refractivity contribution in [3.63, 3.8) is 0 Å². The molecule has 0 aliphatic carbocycles. The van der Waals surface area contributed by atoms with Crippen LogP contribution in [0.25, 0.3) is 11.0 Å². The number of aryl methyl sites for hydroxylation is 1. The van der Waals surface area contributed by atoms with Crippen LogP contribution in [0.3, 0.4) is 0 Å². The number of rotatable bonds is 4. The molecule has 0 unspecified atom stereocenters. The van der Waals surface area contributed by atoms with Crippen molar-refractivity contribution in [2.45, 2.75) is 26.6 Å². The van der Waals surface area contributed by atoms with Gasteiger partial charge in [-0.3, -0.25) is 0 Å². The predicted molar refractivity (Wildman–Crippen MR) is 113 cm³/mol. The largest absolute Gasteiger partial charge is 0.490 e. The van der Waals surface area contributed by atoms with Crippen molar-refractivity contribution in [3.8, 4) is 0 Å². The Balaban J connectivity index is 1.83. The molecular formula is C21H23BF3N3O3. The second-order valence-corrected chi connectivity index (χ2v) is 7.71. The van der Waals surface area contributed by atoms with Crippen molar-refractivity contribution in [1.82, 2.24) is 9.55 Å². The zero-order chi connectivity index (χ0) is 22.3. The van der Waals surface area contributed by atoms with Crippen molar-refractivity contribution in [3.05, 3.63) is 52.8 Å². The molecule has 0 atom stereocenters. The van der Waals surface area contributed by atoms with Gasteiger partial charge < -0.3 is 24.3 Å². The first kappa shape index (κ1) is 21.7. The second kappa shape index (κ2) is 8.18. The van der Waals surface area contributed by atoms with Gasteiger partial charge in [-0.15, -0.1) is 0 Å². The monoisotopic (exact) mass is 433 g/mol. The van der Waals surface area contributed by atoms with Crippen LogP contribution >= 0.6 is 0 Å². The quantitative estimate of drug-likeness (QED) is 0.618. The number of halogens is 3. The molecule has 2 aromatic carbocycles. The third-order valence-corrected chi connectivity index (χ3v) is 5.79. The van der Waals surface area contributed by atoms with Crippen molar-refractivity contribution in [2.24, 2.45) is 0 Å². The van der Waals surface area contributed by atoms with Crippen LogP contribution in [0, 0.1) is 13.8 Å². The first-order valence-electron chi connectivity index (χ1n) is 10.0. The van der Waals surface area contributed by atoms with Gasteiger partial charge in [0.2, 0.25) is 0 Å². The highest BCUT2D eigenvalue weighted by molar-refractivity contribution is 6.61. The van der Waals surface area contributed by atoms with Gasteiger partial charge in [0.25, 0.3) is 0 Å². The van der Waals surface area contributed by atoms with Crippen LogP contribution in [-0.2, 0) is 17.5 Å². The molecule has 164 valence electrons. The number of anilines is 1. The smallest absolute Gasteiger partial charge is 0.423 e. The molecule has 0 saturated carbocycles. The molecule has 10 heteroatoms. The van der Waals surface area contributed by atoms with Gasteiger partial charge in [0.1, 0.15) is 5.82 Å². The fourth-order valence-corrected chi connectivity index (χ4v) is 4.08. The van der Waals surface area contributed by atoms with Crippen LogP contribution in [-0.4, -0.2) is 53.0 Å². The molecule has 0 spiro atoms.